The Labute approximate surface area is 135 Å². The van der Waals surface area contributed by atoms with Crippen LogP contribution in [0.4, 0.5) is 13.2 Å². The van der Waals surface area contributed by atoms with Gasteiger partial charge >= 0.3 is 6.18 Å². The largest absolute Gasteiger partial charge is 0.419 e. The maximum absolute atomic E-state index is 12.4. The van der Waals surface area contributed by atoms with Crippen molar-refractivity contribution in [3.63, 3.8) is 0 Å². The number of rotatable bonds is 4. The van der Waals surface area contributed by atoms with Crippen LogP contribution in [0.25, 0.3) is 0 Å². The molecule has 1 unspecified atom stereocenters. The van der Waals surface area contributed by atoms with Gasteiger partial charge in [0.1, 0.15) is 11.9 Å². The van der Waals surface area contributed by atoms with Crippen LogP contribution in [-0.4, -0.2) is 51.0 Å². The topological polar surface area (TPSA) is 95.4 Å². The Morgan fingerprint density at radius 2 is 2.00 bits per heavy atom. The number of aliphatic hydroxyl groups excluding tert-OH is 1. The van der Waals surface area contributed by atoms with Gasteiger partial charge in [-0.1, -0.05) is 0 Å². The normalized spacial score (nSPS) is 19.1. The number of hydrogen-bond acceptors (Lipinski definition) is 5. The molecule has 2 rings (SSSR count). The number of likely N-dealkylation sites (tertiary alicyclic amines) is 1. The number of aromatic nitrogens is 2. The van der Waals surface area contributed by atoms with Crippen molar-refractivity contribution in [3.8, 4) is 0 Å². The first-order valence-electron chi connectivity index (χ1n) is 7.39. The van der Waals surface area contributed by atoms with Gasteiger partial charge in [-0.3, -0.25) is 9.59 Å². The molecule has 7 nitrogen and oxygen atoms in total. The monoisotopic (exact) mass is 346 g/mol. The highest BCUT2D eigenvalue weighted by Crippen LogP contribution is 2.27. The van der Waals surface area contributed by atoms with Crippen molar-refractivity contribution in [2.75, 3.05) is 13.1 Å². The fourth-order valence-corrected chi connectivity index (χ4v) is 2.24. The van der Waals surface area contributed by atoms with Gasteiger partial charge < -0.3 is 15.3 Å². The Balaban J connectivity index is 1.85. The van der Waals surface area contributed by atoms with Crippen LogP contribution in [0.3, 0.4) is 0 Å². The Hall–Kier alpha value is -2.23. The molecule has 1 aromatic heterocycles. The summed E-state index contributed by atoms with van der Waals surface area (Å²) in [5.41, 5.74) is -0.971. The molecule has 0 bridgehead atoms. The highest BCUT2D eigenvalue weighted by Gasteiger charge is 2.31. The van der Waals surface area contributed by atoms with E-state index in [1.54, 1.807) is 0 Å². The third-order valence-corrected chi connectivity index (χ3v) is 3.56. The fourth-order valence-electron chi connectivity index (χ4n) is 2.24. The summed E-state index contributed by atoms with van der Waals surface area (Å²) < 4.78 is 37.2. The fraction of sp³-hybridized carbons (Fsp3) is 0.571. The van der Waals surface area contributed by atoms with E-state index in [1.807, 2.05) is 0 Å². The Morgan fingerprint density at radius 1 is 1.33 bits per heavy atom. The first kappa shape index (κ1) is 18.1. The molecule has 1 fully saturated rings. The van der Waals surface area contributed by atoms with E-state index in [9.17, 15) is 27.9 Å². The van der Waals surface area contributed by atoms with Crippen LogP contribution in [0, 0.1) is 0 Å². The van der Waals surface area contributed by atoms with Crippen LogP contribution in [0.5, 0.6) is 0 Å². The van der Waals surface area contributed by atoms with E-state index >= 15 is 0 Å². The molecule has 1 aliphatic heterocycles. The molecule has 1 saturated heterocycles. The van der Waals surface area contributed by atoms with Crippen molar-refractivity contribution < 1.29 is 27.9 Å². The van der Waals surface area contributed by atoms with Crippen molar-refractivity contribution in [1.82, 2.24) is 20.2 Å². The molecule has 1 aliphatic rings. The first-order chi connectivity index (χ1) is 11.3. The Kier molecular flexibility index (Phi) is 5.71. The first-order valence-corrected chi connectivity index (χ1v) is 7.39. The smallest absolute Gasteiger partial charge is 0.383 e. The molecule has 2 heterocycles. The van der Waals surface area contributed by atoms with E-state index in [4.69, 9.17) is 0 Å². The molecule has 0 saturated carbocycles. The molecular formula is C14H17F3N4O3. The molecule has 0 aromatic carbocycles. The van der Waals surface area contributed by atoms with Crippen molar-refractivity contribution in [2.45, 2.75) is 38.1 Å². The van der Waals surface area contributed by atoms with Gasteiger partial charge in [0.2, 0.25) is 5.91 Å². The SMILES string of the molecule is O=C(CN1CCCCC(O)C1=O)NCc1ncc(C(F)(F)F)cn1. The second-order valence-electron chi connectivity index (χ2n) is 5.43. The lowest BCUT2D eigenvalue weighted by Gasteiger charge is -2.21. The van der Waals surface area contributed by atoms with E-state index in [0.29, 0.717) is 38.2 Å². The zero-order valence-corrected chi connectivity index (χ0v) is 12.7. The molecule has 132 valence electrons. The lowest BCUT2D eigenvalue weighted by molar-refractivity contribution is -0.142. The van der Waals surface area contributed by atoms with Crippen LogP contribution in [0.15, 0.2) is 12.4 Å². The van der Waals surface area contributed by atoms with E-state index in [-0.39, 0.29) is 18.9 Å². The number of alkyl halides is 3. The summed E-state index contributed by atoms with van der Waals surface area (Å²) in [5, 5.41) is 12.0. The maximum Gasteiger partial charge on any atom is 0.419 e. The Morgan fingerprint density at radius 3 is 2.62 bits per heavy atom. The predicted molar refractivity (Wildman–Crippen MR) is 75.3 cm³/mol. The molecule has 0 aliphatic carbocycles. The number of nitrogens with zero attached hydrogens (tertiary/aromatic N) is 3. The Bertz CT molecular complexity index is 592. The summed E-state index contributed by atoms with van der Waals surface area (Å²) in [6.45, 7) is -0.00181. The lowest BCUT2D eigenvalue weighted by Crippen LogP contribution is -2.44. The number of hydrogen-bond donors (Lipinski definition) is 2. The summed E-state index contributed by atoms with van der Waals surface area (Å²) in [6.07, 6.45) is -2.57. The quantitative estimate of drug-likeness (QED) is 0.827. The van der Waals surface area contributed by atoms with E-state index in [2.05, 4.69) is 15.3 Å². The van der Waals surface area contributed by atoms with Gasteiger partial charge in [-0.05, 0) is 19.3 Å². The third-order valence-electron chi connectivity index (χ3n) is 3.56. The minimum absolute atomic E-state index is 0.0265. The summed E-state index contributed by atoms with van der Waals surface area (Å²) in [7, 11) is 0. The van der Waals surface area contributed by atoms with Crippen molar-refractivity contribution in [2.24, 2.45) is 0 Å². The van der Waals surface area contributed by atoms with Crippen LogP contribution < -0.4 is 5.32 Å². The molecule has 0 spiro atoms. The minimum atomic E-state index is -4.52. The highest BCUT2D eigenvalue weighted by atomic mass is 19.4. The van der Waals surface area contributed by atoms with Gasteiger partial charge in [-0.2, -0.15) is 13.2 Å². The summed E-state index contributed by atoms with van der Waals surface area (Å²) in [5.74, 6) is -0.965. The zero-order chi connectivity index (χ0) is 17.7. The number of amides is 2. The predicted octanol–water partition coefficient (Wildman–Crippen LogP) is 0.485. The molecule has 10 heteroatoms. The zero-order valence-electron chi connectivity index (χ0n) is 12.7. The lowest BCUT2D eigenvalue weighted by atomic mass is 10.2. The van der Waals surface area contributed by atoms with E-state index < -0.39 is 29.7 Å². The second kappa shape index (κ2) is 7.56. The van der Waals surface area contributed by atoms with Crippen molar-refractivity contribution in [1.29, 1.82) is 0 Å². The average molecular weight is 346 g/mol. The molecule has 0 radical (unpaired) electrons. The van der Waals surface area contributed by atoms with Gasteiger partial charge in [-0.15, -0.1) is 0 Å². The summed E-state index contributed by atoms with van der Waals surface area (Å²) in [6, 6.07) is 0. The number of carbonyl (C=O) groups is 2. The van der Waals surface area contributed by atoms with Gasteiger partial charge in [-0.25, -0.2) is 9.97 Å². The van der Waals surface area contributed by atoms with Crippen LogP contribution in [0.2, 0.25) is 0 Å². The number of halogens is 3. The third kappa shape index (κ3) is 4.88. The molecule has 2 N–H and O–H groups in total. The summed E-state index contributed by atoms with van der Waals surface area (Å²) in [4.78, 5) is 32.0. The maximum atomic E-state index is 12.4. The highest BCUT2D eigenvalue weighted by molar-refractivity contribution is 5.87. The van der Waals surface area contributed by atoms with Crippen molar-refractivity contribution >= 4 is 11.8 Å². The van der Waals surface area contributed by atoms with Crippen molar-refractivity contribution in [3.05, 3.63) is 23.8 Å². The average Bonchev–Trinajstić information content (AvgIpc) is 2.68. The van der Waals surface area contributed by atoms with Gasteiger partial charge in [0, 0.05) is 18.9 Å². The van der Waals surface area contributed by atoms with E-state index in [1.165, 1.54) is 4.90 Å². The molecule has 1 atom stereocenters. The van der Waals surface area contributed by atoms with Gasteiger partial charge in [0.15, 0.2) is 0 Å². The summed E-state index contributed by atoms with van der Waals surface area (Å²) >= 11 is 0. The molecular weight excluding hydrogens is 329 g/mol. The molecule has 24 heavy (non-hydrogen) atoms. The molecule has 1 aromatic rings. The van der Waals surface area contributed by atoms with Crippen LogP contribution in [0.1, 0.15) is 30.7 Å². The number of aliphatic hydroxyl groups is 1. The van der Waals surface area contributed by atoms with Gasteiger partial charge in [0.05, 0.1) is 18.7 Å². The number of nitrogens with one attached hydrogen (secondary N) is 1. The van der Waals surface area contributed by atoms with E-state index in [0.717, 1.165) is 0 Å². The van der Waals surface area contributed by atoms with Crippen LogP contribution >= 0.6 is 0 Å². The van der Waals surface area contributed by atoms with Crippen LogP contribution in [-0.2, 0) is 22.3 Å². The standard InChI is InChI=1S/C14H17F3N4O3/c15-14(16,17)9-5-18-11(19-6-9)7-20-12(23)8-21-4-2-1-3-10(22)13(21)24/h5-6,10,22H,1-4,7-8H2,(H,20,23). The second-order valence-corrected chi connectivity index (χ2v) is 5.43. The van der Waals surface area contributed by atoms with Gasteiger partial charge in [0.25, 0.3) is 5.91 Å². The minimum Gasteiger partial charge on any atom is -0.383 e. The number of carbonyl (C=O) groups excluding carboxylic acids is 2. The molecule has 2 amide bonds.